The zero-order chi connectivity index (χ0) is 13.2. The molecule has 0 atom stereocenters. The van der Waals surface area contributed by atoms with Gasteiger partial charge in [-0.3, -0.25) is 0 Å². The van der Waals surface area contributed by atoms with Crippen LogP contribution in [0.5, 0.6) is 0 Å². The Morgan fingerprint density at radius 1 is 1.17 bits per heavy atom. The van der Waals surface area contributed by atoms with E-state index in [1.165, 1.54) is 0 Å². The summed E-state index contributed by atoms with van der Waals surface area (Å²) in [5, 5.41) is 3.28. The van der Waals surface area contributed by atoms with Gasteiger partial charge in [-0.25, -0.2) is 12.7 Å². The summed E-state index contributed by atoms with van der Waals surface area (Å²) in [6, 6.07) is 0. The maximum Gasteiger partial charge on any atom is 0.214 e. The third kappa shape index (κ3) is 3.68. The van der Waals surface area contributed by atoms with Crippen LogP contribution in [0.15, 0.2) is 0 Å². The summed E-state index contributed by atoms with van der Waals surface area (Å²) in [6.45, 7) is 7.80. The van der Waals surface area contributed by atoms with E-state index < -0.39 is 10.0 Å². The minimum atomic E-state index is -3.03. The molecule has 0 amide bonds. The van der Waals surface area contributed by atoms with Crippen LogP contribution in [0.3, 0.4) is 0 Å². The molecule has 0 bridgehead atoms. The Morgan fingerprint density at radius 2 is 1.72 bits per heavy atom. The predicted octanol–water partition coefficient (Wildman–Crippen LogP) is 1.44. The highest BCUT2D eigenvalue weighted by Gasteiger charge is 2.33. The molecule has 2 heterocycles. The van der Waals surface area contributed by atoms with Crippen LogP contribution in [0.1, 0.15) is 39.5 Å². The van der Waals surface area contributed by atoms with Crippen LogP contribution in [0, 0.1) is 11.3 Å². The van der Waals surface area contributed by atoms with Gasteiger partial charge in [0.1, 0.15) is 0 Å². The Kier molecular flexibility index (Phi) is 4.34. The van der Waals surface area contributed by atoms with Crippen molar-refractivity contribution in [1.82, 2.24) is 9.62 Å². The topological polar surface area (TPSA) is 49.4 Å². The van der Waals surface area contributed by atoms with Crippen molar-refractivity contribution >= 4 is 10.0 Å². The Balaban J connectivity index is 1.90. The van der Waals surface area contributed by atoms with Crippen molar-refractivity contribution in [3.63, 3.8) is 0 Å². The molecular formula is C13H26N2O2S. The highest BCUT2D eigenvalue weighted by atomic mass is 32.2. The quantitative estimate of drug-likeness (QED) is 0.847. The number of hydrogen-bond donors (Lipinski definition) is 1. The first kappa shape index (κ1) is 14.3. The van der Waals surface area contributed by atoms with Crippen LogP contribution in [0.4, 0.5) is 0 Å². The van der Waals surface area contributed by atoms with E-state index in [0.717, 1.165) is 38.8 Å². The van der Waals surface area contributed by atoms with E-state index in [0.29, 0.717) is 30.2 Å². The molecule has 0 aromatic rings. The summed E-state index contributed by atoms with van der Waals surface area (Å²) < 4.78 is 26.5. The molecule has 106 valence electrons. The normalized spacial score (nSPS) is 27.2. The van der Waals surface area contributed by atoms with Gasteiger partial charge in [0.2, 0.25) is 10.0 Å². The number of rotatable bonds is 3. The Labute approximate surface area is 111 Å². The fraction of sp³-hybridized carbons (Fsp3) is 1.00. The molecule has 0 saturated carbocycles. The molecule has 2 fully saturated rings. The van der Waals surface area contributed by atoms with E-state index >= 15 is 0 Å². The third-order valence-corrected chi connectivity index (χ3v) is 6.42. The largest absolute Gasteiger partial charge is 0.317 e. The summed E-state index contributed by atoms with van der Waals surface area (Å²) in [6.07, 6.45) is 3.97. The maximum absolute atomic E-state index is 12.4. The standard InChI is InChI=1S/C13H26N2O2S/c1-13(2)5-9-15(10-6-13)18(16,17)11-12-3-7-14-8-4-12/h12,14H,3-11H2,1-2H3. The molecule has 0 unspecified atom stereocenters. The van der Waals surface area contributed by atoms with Crippen LogP contribution in [0.2, 0.25) is 0 Å². The van der Waals surface area contributed by atoms with Gasteiger partial charge in [0.25, 0.3) is 0 Å². The molecule has 4 nitrogen and oxygen atoms in total. The third-order valence-electron chi connectivity index (χ3n) is 4.37. The van der Waals surface area contributed by atoms with Gasteiger partial charge >= 0.3 is 0 Å². The first-order chi connectivity index (χ1) is 8.39. The van der Waals surface area contributed by atoms with Gasteiger partial charge in [-0.2, -0.15) is 0 Å². The predicted molar refractivity (Wildman–Crippen MR) is 74.0 cm³/mol. The average molecular weight is 274 g/mol. The van der Waals surface area contributed by atoms with E-state index in [9.17, 15) is 8.42 Å². The number of hydrogen-bond acceptors (Lipinski definition) is 3. The van der Waals surface area contributed by atoms with E-state index in [2.05, 4.69) is 19.2 Å². The molecule has 0 aromatic carbocycles. The van der Waals surface area contributed by atoms with E-state index in [1.807, 2.05) is 0 Å². The zero-order valence-corrected chi connectivity index (χ0v) is 12.4. The number of piperidine rings is 2. The summed E-state index contributed by atoms with van der Waals surface area (Å²) in [4.78, 5) is 0. The van der Waals surface area contributed by atoms with E-state index in [4.69, 9.17) is 0 Å². The monoisotopic (exact) mass is 274 g/mol. The van der Waals surface area contributed by atoms with Crippen molar-refractivity contribution < 1.29 is 8.42 Å². The van der Waals surface area contributed by atoms with Crippen LogP contribution >= 0.6 is 0 Å². The minimum Gasteiger partial charge on any atom is -0.317 e. The van der Waals surface area contributed by atoms with Gasteiger partial charge in [0.05, 0.1) is 5.75 Å². The van der Waals surface area contributed by atoms with Gasteiger partial charge in [-0.15, -0.1) is 0 Å². The lowest BCUT2D eigenvalue weighted by Crippen LogP contribution is -2.44. The molecule has 1 N–H and O–H groups in total. The van der Waals surface area contributed by atoms with Gasteiger partial charge in [0.15, 0.2) is 0 Å². The Morgan fingerprint density at radius 3 is 2.28 bits per heavy atom. The number of sulfonamides is 1. The first-order valence-electron chi connectivity index (χ1n) is 7.08. The number of nitrogens with zero attached hydrogens (tertiary/aromatic N) is 1. The SMILES string of the molecule is CC1(C)CCN(S(=O)(=O)CC2CCNCC2)CC1. The lowest BCUT2D eigenvalue weighted by molar-refractivity contribution is 0.195. The highest BCUT2D eigenvalue weighted by Crippen LogP contribution is 2.31. The van der Waals surface area contributed by atoms with Crippen LogP contribution in [0.25, 0.3) is 0 Å². The van der Waals surface area contributed by atoms with Crippen LogP contribution in [-0.2, 0) is 10.0 Å². The summed E-state index contributed by atoms with van der Waals surface area (Å²) in [5.41, 5.74) is 0.306. The molecule has 2 rings (SSSR count). The molecule has 0 radical (unpaired) electrons. The smallest absolute Gasteiger partial charge is 0.214 e. The van der Waals surface area contributed by atoms with Crippen molar-refractivity contribution in [1.29, 1.82) is 0 Å². The molecule has 0 spiro atoms. The number of nitrogens with one attached hydrogen (secondary N) is 1. The van der Waals surface area contributed by atoms with Gasteiger partial charge in [0, 0.05) is 13.1 Å². The summed E-state index contributed by atoms with van der Waals surface area (Å²) in [7, 11) is -3.03. The van der Waals surface area contributed by atoms with Crippen molar-refractivity contribution in [3.05, 3.63) is 0 Å². The second kappa shape index (κ2) is 5.47. The van der Waals surface area contributed by atoms with E-state index in [1.54, 1.807) is 4.31 Å². The zero-order valence-electron chi connectivity index (χ0n) is 11.6. The summed E-state index contributed by atoms with van der Waals surface area (Å²) >= 11 is 0. The fourth-order valence-corrected chi connectivity index (χ4v) is 4.70. The van der Waals surface area contributed by atoms with E-state index in [-0.39, 0.29) is 0 Å². The lowest BCUT2D eigenvalue weighted by Gasteiger charge is -2.37. The van der Waals surface area contributed by atoms with Crippen LogP contribution < -0.4 is 5.32 Å². The van der Waals surface area contributed by atoms with Crippen molar-refractivity contribution in [2.24, 2.45) is 11.3 Å². The lowest BCUT2D eigenvalue weighted by atomic mass is 9.83. The average Bonchev–Trinajstić information content (AvgIpc) is 2.29. The molecule has 2 aliphatic rings. The fourth-order valence-electron chi connectivity index (χ4n) is 2.82. The van der Waals surface area contributed by atoms with Gasteiger partial charge < -0.3 is 5.32 Å². The van der Waals surface area contributed by atoms with Gasteiger partial charge in [-0.1, -0.05) is 13.8 Å². The second-order valence-electron chi connectivity index (χ2n) is 6.54. The minimum absolute atomic E-state index is 0.306. The second-order valence-corrected chi connectivity index (χ2v) is 8.55. The molecule has 0 aliphatic carbocycles. The Bertz CT molecular complexity index is 362. The first-order valence-corrected chi connectivity index (χ1v) is 8.69. The van der Waals surface area contributed by atoms with Crippen molar-refractivity contribution in [2.45, 2.75) is 39.5 Å². The molecule has 2 aliphatic heterocycles. The Hall–Kier alpha value is -0.130. The molecule has 18 heavy (non-hydrogen) atoms. The maximum atomic E-state index is 12.4. The molecule has 0 aromatic heterocycles. The van der Waals surface area contributed by atoms with Gasteiger partial charge in [-0.05, 0) is 50.1 Å². The summed E-state index contributed by atoms with van der Waals surface area (Å²) in [5.74, 6) is 0.709. The molecule has 2 saturated heterocycles. The van der Waals surface area contributed by atoms with Crippen molar-refractivity contribution in [2.75, 3.05) is 31.9 Å². The molecular weight excluding hydrogens is 248 g/mol. The molecule has 5 heteroatoms. The van der Waals surface area contributed by atoms with Crippen molar-refractivity contribution in [3.8, 4) is 0 Å². The highest BCUT2D eigenvalue weighted by molar-refractivity contribution is 7.89. The van der Waals surface area contributed by atoms with Crippen LogP contribution in [-0.4, -0.2) is 44.7 Å².